The number of fused-ring (bicyclic) bond motifs is 2. The number of amides is 3. The first-order valence-corrected chi connectivity index (χ1v) is 12.8. The molecule has 0 aromatic heterocycles. The van der Waals surface area contributed by atoms with Gasteiger partial charge in [0.05, 0.1) is 30.1 Å². The van der Waals surface area contributed by atoms with Gasteiger partial charge in [-0.25, -0.2) is 0 Å². The smallest absolute Gasteiger partial charge is 0.249 e. The summed E-state index contributed by atoms with van der Waals surface area (Å²) in [7, 11) is 1.74. The molecule has 0 aliphatic carbocycles. The van der Waals surface area contributed by atoms with E-state index in [9.17, 15) is 19.5 Å². The van der Waals surface area contributed by atoms with Crippen molar-refractivity contribution in [1.82, 2.24) is 14.7 Å². The maximum Gasteiger partial charge on any atom is 0.249 e. The summed E-state index contributed by atoms with van der Waals surface area (Å²) in [6.07, 6.45) is 10.5. The van der Waals surface area contributed by atoms with Crippen molar-refractivity contribution in [3.63, 3.8) is 0 Å². The third kappa shape index (κ3) is 3.36. The number of likely N-dealkylation sites (tertiary alicyclic amines) is 1. The van der Waals surface area contributed by atoms with Crippen LogP contribution < -0.4 is 0 Å². The summed E-state index contributed by atoms with van der Waals surface area (Å²) in [4.78, 5) is 47.0. The van der Waals surface area contributed by atoms with Crippen molar-refractivity contribution in [2.75, 3.05) is 26.7 Å². The fourth-order valence-electron chi connectivity index (χ4n) is 6.62. The number of rotatable bonds is 7. The SMILES string of the molecule is CCCC(C)N1CC=C[C@]23O[C@@]4(CC)C=CCN(C)C(=O)[C@H]4[C@H]2C(=O)N([C@@H](CC)CO)C3C1=O. The van der Waals surface area contributed by atoms with E-state index in [-0.39, 0.29) is 30.4 Å². The zero-order chi connectivity index (χ0) is 24.8. The highest BCUT2D eigenvalue weighted by Crippen LogP contribution is 2.59. The molecule has 4 aliphatic heterocycles. The normalized spacial score (nSPS) is 36.8. The molecular formula is C26H39N3O5. The van der Waals surface area contributed by atoms with Crippen LogP contribution in [-0.2, 0) is 19.1 Å². The monoisotopic (exact) mass is 473 g/mol. The van der Waals surface area contributed by atoms with Gasteiger partial charge in [0.25, 0.3) is 0 Å². The van der Waals surface area contributed by atoms with Gasteiger partial charge in [0.2, 0.25) is 17.7 Å². The Morgan fingerprint density at radius 3 is 2.38 bits per heavy atom. The molecule has 2 fully saturated rings. The van der Waals surface area contributed by atoms with Crippen LogP contribution in [0.4, 0.5) is 0 Å². The minimum absolute atomic E-state index is 0.00202. The fraction of sp³-hybridized carbons (Fsp3) is 0.731. The molecule has 1 N–H and O–H groups in total. The Bertz CT molecular complexity index is 899. The molecule has 0 saturated carbocycles. The number of carbonyl (C=O) groups excluding carboxylic acids is 3. The van der Waals surface area contributed by atoms with Gasteiger partial charge in [-0.3, -0.25) is 14.4 Å². The highest BCUT2D eigenvalue weighted by Gasteiger charge is 2.75. The van der Waals surface area contributed by atoms with Crippen molar-refractivity contribution >= 4 is 17.7 Å². The first kappa shape index (κ1) is 24.9. The second kappa shape index (κ2) is 9.11. The predicted molar refractivity (Wildman–Crippen MR) is 128 cm³/mol. The predicted octanol–water partition coefficient (Wildman–Crippen LogP) is 1.73. The van der Waals surface area contributed by atoms with Crippen molar-refractivity contribution in [2.24, 2.45) is 11.8 Å². The third-order valence-electron chi connectivity index (χ3n) is 8.42. The van der Waals surface area contributed by atoms with E-state index in [1.54, 1.807) is 16.8 Å². The Kier molecular flexibility index (Phi) is 6.68. The average Bonchev–Trinajstić information content (AvgIpc) is 3.12. The van der Waals surface area contributed by atoms with Crippen molar-refractivity contribution in [3.05, 3.63) is 24.3 Å². The molecule has 7 atom stereocenters. The van der Waals surface area contributed by atoms with Gasteiger partial charge in [0.1, 0.15) is 11.6 Å². The Labute approximate surface area is 202 Å². The van der Waals surface area contributed by atoms with Crippen LogP contribution >= 0.6 is 0 Å². The van der Waals surface area contributed by atoms with Gasteiger partial charge < -0.3 is 24.5 Å². The summed E-state index contributed by atoms with van der Waals surface area (Å²) in [5.41, 5.74) is -2.21. The molecule has 4 heterocycles. The zero-order valence-corrected chi connectivity index (χ0v) is 21.1. The summed E-state index contributed by atoms with van der Waals surface area (Å²) < 4.78 is 6.88. The lowest BCUT2D eigenvalue weighted by Gasteiger charge is -2.41. The van der Waals surface area contributed by atoms with E-state index < -0.39 is 35.1 Å². The van der Waals surface area contributed by atoms with Gasteiger partial charge >= 0.3 is 0 Å². The van der Waals surface area contributed by atoms with E-state index in [0.29, 0.717) is 25.9 Å². The van der Waals surface area contributed by atoms with Crippen molar-refractivity contribution < 1.29 is 24.2 Å². The van der Waals surface area contributed by atoms with E-state index in [1.165, 1.54) is 0 Å². The van der Waals surface area contributed by atoms with Crippen LogP contribution in [0.3, 0.4) is 0 Å². The maximum absolute atomic E-state index is 14.2. The van der Waals surface area contributed by atoms with Crippen molar-refractivity contribution in [1.29, 1.82) is 0 Å². The van der Waals surface area contributed by atoms with Gasteiger partial charge in [0.15, 0.2) is 0 Å². The van der Waals surface area contributed by atoms with E-state index in [1.807, 2.05) is 50.0 Å². The molecule has 3 amide bonds. The summed E-state index contributed by atoms with van der Waals surface area (Å²) in [5, 5.41) is 10.2. The van der Waals surface area contributed by atoms with Crippen molar-refractivity contribution in [3.8, 4) is 0 Å². The van der Waals surface area contributed by atoms with Gasteiger partial charge in [-0.1, -0.05) is 51.5 Å². The Morgan fingerprint density at radius 2 is 1.76 bits per heavy atom. The highest BCUT2D eigenvalue weighted by molar-refractivity contribution is 6.00. The zero-order valence-electron chi connectivity index (χ0n) is 21.1. The molecule has 188 valence electrons. The second-order valence-electron chi connectivity index (χ2n) is 10.3. The van der Waals surface area contributed by atoms with Crippen LogP contribution in [0.25, 0.3) is 0 Å². The fourth-order valence-corrected chi connectivity index (χ4v) is 6.62. The van der Waals surface area contributed by atoms with Crippen LogP contribution in [0.5, 0.6) is 0 Å². The maximum atomic E-state index is 14.2. The lowest BCUT2D eigenvalue weighted by Crippen LogP contribution is -2.59. The topological polar surface area (TPSA) is 90.4 Å². The van der Waals surface area contributed by atoms with Gasteiger partial charge in [-0.2, -0.15) is 0 Å². The molecule has 8 nitrogen and oxygen atoms in total. The first-order valence-electron chi connectivity index (χ1n) is 12.8. The molecule has 1 spiro atoms. The van der Waals surface area contributed by atoms with Gasteiger partial charge in [-0.05, 0) is 26.2 Å². The molecular weight excluding hydrogens is 434 g/mol. The van der Waals surface area contributed by atoms with Crippen LogP contribution in [0.1, 0.15) is 53.4 Å². The van der Waals surface area contributed by atoms with E-state index in [2.05, 4.69) is 6.92 Å². The summed E-state index contributed by atoms with van der Waals surface area (Å²) in [5.74, 6) is -2.12. The van der Waals surface area contributed by atoms with Gasteiger partial charge in [0, 0.05) is 26.2 Å². The molecule has 4 aliphatic rings. The number of ether oxygens (including phenoxy) is 1. The molecule has 4 rings (SSSR count). The lowest BCUT2D eigenvalue weighted by atomic mass is 9.73. The molecule has 0 aromatic rings. The van der Waals surface area contributed by atoms with Crippen LogP contribution in [0.2, 0.25) is 0 Å². The quantitative estimate of drug-likeness (QED) is 0.569. The van der Waals surface area contributed by atoms with Gasteiger partial charge in [-0.15, -0.1) is 0 Å². The molecule has 2 unspecified atom stereocenters. The molecule has 0 bridgehead atoms. The number of aliphatic hydroxyl groups excluding tert-OH is 1. The van der Waals surface area contributed by atoms with E-state index >= 15 is 0 Å². The first-order chi connectivity index (χ1) is 16.2. The van der Waals surface area contributed by atoms with E-state index in [0.717, 1.165) is 12.8 Å². The number of aliphatic hydroxyl groups is 1. The summed E-state index contributed by atoms with van der Waals surface area (Å²) in [6.45, 7) is 8.61. The van der Waals surface area contributed by atoms with Crippen LogP contribution in [0.15, 0.2) is 24.3 Å². The number of nitrogens with zero attached hydrogens (tertiary/aromatic N) is 3. The van der Waals surface area contributed by atoms with Crippen LogP contribution in [-0.4, -0.2) is 93.6 Å². The molecule has 34 heavy (non-hydrogen) atoms. The highest BCUT2D eigenvalue weighted by atomic mass is 16.5. The number of likely N-dealkylation sites (N-methyl/N-ethyl adjacent to an activating group) is 1. The number of carbonyl (C=O) groups is 3. The second-order valence-corrected chi connectivity index (χ2v) is 10.3. The number of hydrogen-bond donors (Lipinski definition) is 1. The summed E-state index contributed by atoms with van der Waals surface area (Å²) >= 11 is 0. The lowest BCUT2D eigenvalue weighted by molar-refractivity contribution is -0.158. The minimum Gasteiger partial charge on any atom is -0.394 e. The molecule has 0 aromatic carbocycles. The van der Waals surface area contributed by atoms with E-state index in [4.69, 9.17) is 4.74 Å². The Morgan fingerprint density at radius 1 is 1.06 bits per heavy atom. The summed E-state index contributed by atoms with van der Waals surface area (Å²) in [6, 6.07) is -1.43. The molecule has 0 radical (unpaired) electrons. The Hall–Kier alpha value is -2.19. The third-order valence-corrected chi connectivity index (χ3v) is 8.42. The average molecular weight is 474 g/mol. The largest absolute Gasteiger partial charge is 0.394 e. The Balaban J connectivity index is 1.91. The molecule has 2 saturated heterocycles. The van der Waals surface area contributed by atoms with Crippen LogP contribution in [0, 0.1) is 11.8 Å². The molecule has 8 heteroatoms. The number of hydrogen-bond acceptors (Lipinski definition) is 5. The van der Waals surface area contributed by atoms with Crippen molar-refractivity contribution in [2.45, 2.75) is 82.7 Å². The standard InChI is InChI=1S/C26H39N3O5/c1-6-11-17(4)28-15-10-13-26-20(23(32)29(18(7-2)16-30)21(26)24(28)33)19-22(31)27(5)14-9-12-25(19,8-3)34-26/h9-10,12-13,17-21,30H,6-8,11,14-16H2,1-5H3/t17?,18-,19+,20-,21?,25-,26-/m0/s1. The minimum atomic E-state index is -1.25.